The van der Waals surface area contributed by atoms with Crippen LogP contribution in [0, 0.1) is 0 Å². The molecule has 1 aromatic heterocycles. The molecule has 1 aromatic carbocycles. The molecule has 0 amide bonds. The average Bonchev–Trinajstić information content (AvgIpc) is 2.79. The van der Waals surface area contributed by atoms with E-state index >= 15 is 0 Å². The second-order valence-corrected chi connectivity index (χ2v) is 8.07. The number of hydrogen-bond acceptors (Lipinski definition) is 3. The van der Waals surface area contributed by atoms with E-state index in [4.69, 9.17) is 11.6 Å². The predicted molar refractivity (Wildman–Crippen MR) is 89.3 cm³/mol. The van der Waals surface area contributed by atoms with Crippen LogP contribution in [0.15, 0.2) is 24.3 Å². The van der Waals surface area contributed by atoms with Crippen LogP contribution in [-0.2, 0) is 23.6 Å². The summed E-state index contributed by atoms with van der Waals surface area (Å²) in [6.07, 6.45) is 3.65. The summed E-state index contributed by atoms with van der Waals surface area (Å²) in [7, 11) is 0.945. The third kappa shape index (κ3) is 3.10. The molecular formula is C16H20ClN3OS. The molecule has 1 aliphatic carbocycles. The third-order valence-corrected chi connectivity index (χ3v) is 6.33. The van der Waals surface area contributed by atoms with E-state index in [-0.39, 0.29) is 5.25 Å². The Morgan fingerprint density at radius 2 is 2.00 bits per heavy atom. The Labute approximate surface area is 138 Å². The zero-order chi connectivity index (χ0) is 15.7. The van der Waals surface area contributed by atoms with Crippen molar-refractivity contribution in [1.29, 1.82) is 0 Å². The summed E-state index contributed by atoms with van der Waals surface area (Å²) in [6.45, 7) is 1.97. The van der Waals surface area contributed by atoms with Gasteiger partial charge in [-0.05, 0) is 37.5 Å². The lowest BCUT2D eigenvalue weighted by Crippen LogP contribution is -2.15. The SMILES string of the molecule is C[C@H](c1ccc(Cl)cc1)[S@@](=O)Cc1nnc(C2CCC2)n1C. The topological polar surface area (TPSA) is 47.8 Å². The Morgan fingerprint density at radius 1 is 1.32 bits per heavy atom. The molecule has 1 aliphatic rings. The van der Waals surface area contributed by atoms with Crippen molar-refractivity contribution in [2.24, 2.45) is 7.05 Å². The van der Waals surface area contributed by atoms with Crippen molar-refractivity contribution in [2.45, 2.75) is 43.1 Å². The van der Waals surface area contributed by atoms with Crippen molar-refractivity contribution in [2.75, 3.05) is 0 Å². The van der Waals surface area contributed by atoms with E-state index in [1.807, 2.05) is 42.8 Å². The number of benzene rings is 1. The number of hydrogen-bond donors (Lipinski definition) is 0. The maximum Gasteiger partial charge on any atom is 0.145 e. The monoisotopic (exact) mass is 337 g/mol. The minimum Gasteiger partial charge on any atom is -0.317 e. The van der Waals surface area contributed by atoms with Gasteiger partial charge in [-0.15, -0.1) is 10.2 Å². The van der Waals surface area contributed by atoms with E-state index in [9.17, 15) is 4.21 Å². The molecule has 118 valence electrons. The molecule has 0 N–H and O–H groups in total. The van der Waals surface area contributed by atoms with Crippen LogP contribution in [0.25, 0.3) is 0 Å². The lowest BCUT2D eigenvalue weighted by atomic mass is 9.85. The van der Waals surface area contributed by atoms with E-state index < -0.39 is 10.8 Å². The molecule has 0 saturated heterocycles. The fraction of sp³-hybridized carbons (Fsp3) is 0.500. The van der Waals surface area contributed by atoms with Crippen LogP contribution in [0.5, 0.6) is 0 Å². The first kappa shape index (κ1) is 15.7. The zero-order valence-electron chi connectivity index (χ0n) is 12.8. The summed E-state index contributed by atoms with van der Waals surface area (Å²) in [5.41, 5.74) is 1.03. The quantitative estimate of drug-likeness (QED) is 0.834. The van der Waals surface area contributed by atoms with Crippen LogP contribution in [0.3, 0.4) is 0 Å². The van der Waals surface area contributed by atoms with Crippen molar-refractivity contribution in [1.82, 2.24) is 14.8 Å². The van der Waals surface area contributed by atoms with E-state index in [1.165, 1.54) is 19.3 Å². The van der Waals surface area contributed by atoms with Gasteiger partial charge < -0.3 is 4.57 Å². The molecule has 1 heterocycles. The Bertz CT molecular complexity index is 679. The molecule has 1 saturated carbocycles. The molecule has 0 aliphatic heterocycles. The second kappa shape index (κ2) is 6.50. The Morgan fingerprint density at radius 3 is 2.59 bits per heavy atom. The molecule has 0 radical (unpaired) electrons. The first-order chi connectivity index (χ1) is 10.6. The first-order valence-corrected chi connectivity index (χ1v) is 9.33. The van der Waals surface area contributed by atoms with Gasteiger partial charge in [0, 0.05) is 28.8 Å². The normalized spacial score (nSPS) is 18.0. The molecule has 6 heteroatoms. The largest absolute Gasteiger partial charge is 0.317 e. The maximum atomic E-state index is 12.6. The highest BCUT2D eigenvalue weighted by Crippen LogP contribution is 2.35. The van der Waals surface area contributed by atoms with Gasteiger partial charge in [-0.1, -0.05) is 30.2 Å². The molecule has 0 unspecified atom stereocenters. The summed E-state index contributed by atoms with van der Waals surface area (Å²) in [4.78, 5) is 0. The molecule has 4 nitrogen and oxygen atoms in total. The molecule has 22 heavy (non-hydrogen) atoms. The zero-order valence-corrected chi connectivity index (χ0v) is 14.4. The second-order valence-electron chi connectivity index (χ2n) is 5.88. The van der Waals surface area contributed by atoms with E-state index in [2.05, 4.69) is 10.2 Å². The summed E-state index contributed by atoms with van der Waals surface area (Å²) in [5, 5.41) is 9.18. The minimum absolute atomic E-state index is 0.0545. The van der Waals surface area contributed by atoms with E-state index in [0.29, 0.717) is 16.7 Å². The van der Waals surface area contributed by atoms with Crippen LogP contribution < -0.4 is 0 Å². The van der Waals surface area contributed by atoms with E-state index in [1.54, 1.807) is 0 Å². The van der Waals surface area contributed by atoms with Gasteiger partial charge in [0.25, 0.3) is 0 Å². The number of halogens is 1. The van der Waals surface area contributed by atoms with Gasteiger partial charge in [0.2, 0.25) is 0 Å². The van der Waals surface area contributed by atoms with Gasteiger partial charge in [0.1, 0.15) is 11.6 Å². The van der Waals surface area contributed by atoms with Crippen LogP contribution >= 0.6 is 11.6 Å². The molecule has 0 spiro atoms. The Balaban J connectivity index is 1.71. The van der Waals surface area contributed by atoms with E-state index in [0.717, 1.165) is 17.2 Å². The van der Waals surface area contributed by atoms with Crippen LogP contribution in [0.4, 0.5) is 0 Å². The third-order valence-electron chi connectivity index (χ3n) is 4.47. The number of nitrogens with zero attached hydrogens (tertiary/aromatic N) is 3. The van der Waals surface area contributed by atoms with Crippen LogP contribution in [-0.4, -0.2) is 19.0 Å². The molecule has 1 fully saturated rings. The van der Waals surface area contributed by atoms with Gasteiger partial charge in [-0.25, -0.2) is 0 Å². The number of rotatable bonds is 5. The van der Waals surface area contributed by atoms with Gasteiger partial charge in [-0.2, -0.15) is 0 Å². The van der Waals surface area contributed by atoms with Gasteiger partial charge in [0.15, 0.2) is 0 Å². The van der Waals surface area contributed by atoms with Crippen molar-refractivity contribution in [3.63, 3.8) is 0 Å². The van der Waals surface area contributed by atoms with Gasteiger partial charge in [-0.3, -0.25) is 4.21 Å². The summed E-state index contributed by atoms with van der Waals surface area (Å²) in [5.74, 6) is 2.81. The first-order valence-electron chi connectivity index (χ1n) is 7.57. The predicted octanol–water partition coefficient (Wildman–Crippen LogP) is 3.75. The maximum absolute atomic E-state index is 12.6. The van der Waals surface area contributed by atoms with Crippen molar-refractivity contribution >= 4 is 22.4 Å². The highest BCUT2D eigenvalue weighted by atomic mass is 35.5. The lowest BCUT2D eigenvalue weighted by molar-refractivity contribution is 0.391. The highest BCUT2D eigenvalue weighted by molar-refractivity contribution is 7.84. The van der Waals surface area contributed by atoms with Crippen molar-refractivity contribution in [3.8, 4) is 0 Å². The van der Waals surface area contributed by atoms with Gasteiger partial charge >= 0.3 is 0 Å². The number of aromatic nitrogens is 3. The fourth-order valence-corrected chi connectivity index (χ4v) is 4.00. The van der Waals surface area contributed by atoms with Gasteiger partial charge in [0.05, 0.1) is 11.0 Å². The average molecular weight is 338 g/mol. The van der Waals surface area contributed by atoms with Crippen LogP contribution in [0.1, 0.15) is 54.6 Å². The van der Waals surface area contributed by atoms with Crippen molar-refractivity contribution in [3.05, 3.63) is 46.5 Å². The minimum atomic E-state index is -1.03. The standard InChI is InChI=1S/C16H20ClN3OS/c1-11(12-6-8-14(17)9-7-12)22(21)10-15-18-19-16(20(15)2)13-4-3-5-13/h6-9,11,13H,3-5,10H2,1-2H3/t11-,22+/m1/s1. The van der Waals surface area contributed by atoms with Crippen LogP contribution in [0.2, 0.25) is 5.02 Å². The summed E-state index contributed by atoms with van der Waals surface area (Å²) >= 11 is 5.90. The Kier molecular flexibility index (Phi) is 4.64. The molecule has 2 aromatic rings. The molecule has 2 atom stereocenters. The molecule has 3 rings (SSSR count). The smallest absolute Gasteiger partial charge is 0.145 e. The summed E-state index contributed by atoms with van der Waals surface area (Å²) < 4.78 is 14.6. The van der Waals surface area contributed by atoms with Crippen molar-refractivity contribution < 1.29 is 4.21 Å². The molecular weight excluding hydrogens is 318 g/mol. The lowest BCUT2D eigenvalue weighted by Gasteiger charge is -2.24. The summed E-state index contributed by atoms with van der Waals surface area (Å²) in [6, 6.07) is 7.53. The Hall–Kier alpha value is -1.20. The fourth-order valence-electron chi connectivity index (χ4n) is 2.66. The molecule has 0 bridgehead atoms. The highest BCUT2D eigenvalue weighted by Gasteiger charge is 2.26.